The molecule has 0 saturated heterocycles. The number of ether oxygens (including phenoxy) is 1. The quantitative estimate of drug-likeness (QED) is 0.608. The highest BCUT2D eigenvalue weighted by atomic mass is 79.9. The molecule has 0 aliphatic carbocycles. The van der Waals surface area contributed by atoms with Gasteiger partial charge in [0, 0.05) is 16.0 Å². The predicted molar refractivity (Wildman–Crippen MR) is 96.5 cm³/mol. The number of anilines is 1. The molecule has 21 heavy (non-hydrogen) atoms. The van der Waals surface area contributed by atoms with Crippen LogP contribution < -0.4 is 10.1 Å². The average Bonchev–Trinajstić information content (AvgIpc) is 2.41. The van der Waals surface area contributed by atoms with Gasteiger partial charge in [-0.3, -0.25) is 0 Å². The van der Waals surface area contributed by atoms with Crippen molar-refractivity contribution in [3.05, 3.63) is 55.4 Å². The van der Waals surface area contributed by atoms with Gasteiger partial charge >= 0.3 is 0 Å². The second-order valence-electron chi connectivity index (χ2n) is 4.65. The molecule has 0 aliphatic rings. The van der Waals surface area contributed by atoms with Gasteiger partial charge in [0.05, 0.1) is 16.8 Å². The summed E-state index contributed by atoms with van der Waals surface area (Å²) in [6, 6.07) is 10.0. The van der Waals surface area contributed by atoms with Crippen LogP contribution in [0.25, 0.3) is 0 Å². The zero-order valence-electron chi connectivity index (χ0n) is 11.8. The molecule has 0 aliphatic heterocycles. The number of hydrogen-bond acceptors (Lipinski definition) is 2. The lowest BCUT2D eigenvalue weighted by molar-refractivity contribution is 0.339. The lowest BCUT2D eigenvalue weighted by Crippen LogP contribution is -2.04. The van der Waals surface area contributed by atoms with Gasteiger partial charge in [0.25, 0.3) is 0 Å². The monoisotopic (exact) mass is 431 g/mol. The first-order valence-corrected chi connectivity index (χ1v) is 8.58. The second kappa shape index (κ2) is 7.52. The summed E-state index contributed by atoms with van der Waals surface area (Å²) in [5.74, 6) is 0.783. The Morgan fingerprint density at radius 1 is 1.14 bits per heavy atom. The maximum absolute atomic E-state index is 6.12. The van der Waals surface area contributed by atoms with E-state index < -0.39 is 0 Å². The van der Waals surface area contributed by atoms with E-state index in [9.17, 15) is 0 Å². The lowest BCUT2D eigenvalue weighted by Gasteiger charge is -2.15. The molecule has 0 saturated carbocycles. The molecule has 5 heteroatoms. The molecule has 0 amide bonds. The fourth-order valence-electron chi connectivity index (χ4n) is 1.97. The first kappa shape index (κ1) is 16.7. The minimum Gasteiger partial charge on any atom is -0.491 e. The molecule has 0 radical (unpaired) electrons. The molecule has 2 rings (SSSR count). The van der Waals surface area contributed by atoms with Crippen LogP contribution in [-0.4, -0.2) is 6.61 Å². The van der Waals surface area contributed by atoms with Crippen molar-refractivity contribution in [2.45, 2.75) is 20.4 Å². The molecule has 2 aromatic carbocycles. The van der Waals surface area contributed by atoms with Gasteiger partial charge in [-0.25, -0.2) is 0 Å². The van der Waals surface area contributed by atoms with Gasteiger partial charge in [-0.2, -0.15) is 0 Å². The number of rotatable bonds is 5. The number of benzene rings is 2. The molecule has 0 atom stereocenters. The van der Waals surface area contributed by atoms with E-state index in [1.165, 1.54) is 11.1 Å². The minimum absolute atomic E-state index is 0.600. The summed E-state index contributed by atoms with van der Waals surface area (Å²) in [4.78, 5) is 0. The molecule has 0 unspecified atom stereocenters. The Labute approximate surface area is 147 Å². The number of aryl methyl sites for hydroxylation is 1. The number of hydrogen-bond donors (Lipinski definition) is 1. The van der Waals surface area contributed by atoms with E-state index in [-0.39, 0.29) is 0 Å². The summed E-state index contributed by atoms with van der Waals surface area (Å²) < 4.78 is 7.62. The van der Waals surface area contributed by atoms with Gasteiger partial charge < -0.3 is 10.1 Å². The zero-order chi connectivity index (χ0) is 15.4. The molecule has 2 nitrogen and oxygen atoms in total. The van der Waals surface area contributed by atoms with Gasteiger partial charge in [-0.05, 0) is 59.1 Å². The summed E-state index contributed by atoms with van der Waals surface area (Å²) in [7, 11) is 0. The third kappa shape index (κ3) is 4.38. The molecule has 1 N–H and O–H groups in total. The van der Waals surface area contributed by atoms with E-state index in [1.807, 2.05) is 19.1 Å². The van der Waals surface area contributed by atoms with E-state index in [0.29, 0.717) is 18.2 Å². The van der Waals surface area contributed by atoms with Gasteiger partial charge in [0.1, 0.15) is 0 Å². The molecule has 0 heterocycles. The Balaban J connectivity index is 2.22. The van der Waals surface area contributed by atoms with Crippen LogP contribution in [0.1, 0.15) is 18.1 Å². The molecule has 0 bridgehead atoms. The van der Waals surface area contributed by atoms with Crippen LogP contribution in [0.5, 0.6) is 5.75 Å². The number of halogens is 3. The molecule has 2 aromatic rings. The van der Waals surface area contributed by atoms with Crippen LogP contribution >= 0.6 is 43.5 Å². The first-order chi connectivity index (χ1) is 10.0. The molecule has 112 valence electrons. The third-order valence-electron chi connectivity index (χ3n) is 2.97. The molecular formula is C16H16Br2ClNO. The van der Waals surface area contributed by atoms with Crippen LogP contribution in [0.15, 0.2) is 39.3 Å². The van der Waals surface area contributed by atoms with Crippen molar-refractivity contribution in [1.29, 1.82) is 0 Å². The van der Waals surface area contributed by atoms with Crippen LogP contribution in [0.4, 0.5) is 5.69 Å². The van der Waals surface area contributed by atoms with Crippen LogP contribution in [0.3, 0.4) is 0 Å². The van der Waals surface area contributed by atoms with Crippen LogP contribution in [-0.2, 0) is 6.54 Å². The average molecular weight is 434 g/mol. The Morgan fingerprint density at radius 3 is 2.57 bits per heavy atom. The fraction of sp³-hybridized carbons (Fsp3) is 0.250. The van der Waals surface area contributed by atoms with Gasteiger partial charge in [-0.1, -0.05) is 39.7 Å². The molecule has 0 aromatic heterocycles. The van der Waals surface area contributed by atoms with Crippen molar-refractivity contribution in [3.8, 4) is 5.75 Å². The van der Waals surface area contributed by atoms with Crippen molar-refractivity contribution >= 4 is 49.1 Å². The standard InChI is InChI=1S/C16H16Br2ClNO/c1-3-21-16-14(18)7-12(19)8-15(16)20-9-11-5-4-10(2)6-13(11)17/h4-8,20H,3,9H2,1-2H3. The summed E-state index contributed by atoms with van der Waals surface area (Å²) in [5.41, 5.74) is 3.29. The Hall–Kier alpha value is -0.710. The summed E-state index contributed by atoms with van der Waals surface area (Å²) in [5, 5.41) is 4.05. The second-order valence-corrected chi connectivity index (χ2v) is 6.79. The van der Waals surface area contributed by atoms with Gasteiger partial charge in [-0.15, -0.1) is 0 Å². The Morgan fingerprint density at radius 2 is 1.90 bits per heavy atom. The van der Waals surface area contributed by atoms with E-state index >= 15 is 0 Å². The highest BCUT2D eigenvalue weighted by molar-refractivity contribution is 9.10. The summed E-state index contributed by atoms with van der Waals surface area (Å²) in [6.07, 6.45) is 0. The normalized spacial score (nSPS) is 10.5. The highest BCUT2D eigenvalue weighted by Crippen LogP contribution is 2.37. The van der Waals surface area contributed by atoms with Crippen LogP contribution in [0.2, 0.25) is 5.02 Å². The van der Waals surface area contributed by atoms with E-state index in [2.05, 4.69) is 62.3 Å². The Kier molecular flexibility index (Phi) is 5.97. The Bertz CT molecular complexity index is 646. The lowest BCUT2D eigenvalue weighted by atomic mass is 10.1. The zero-order valence-corrected chi connectivity index (χ0v) is 15.8. The van der Waals surface area contributed by atoms with Crippen molar-refractivity contribution in [3.63, 3.8) is 0 Å². The molecule has 0 spiro atoms. The third-order valence-corrected chi connectivity index (χ3v) is 4.52. The largest absolute Gasteiger partial charge is 0.491 e. The fourth-order valence-corrected chi connectivity index (χ4v) is 3.53. The van der Waals surface area contributed by atoms with E-state index in [0.717, 1.165) is 20.4 Å². The van der Waals surface area contributed by atoms with Crippen LogP contribution in [0, 0.1) is 6.92 Å². The van der Waals surface area contributed by atoms with Crippen molar-refractivity contribution < 1.29 is 4.74 Å². The predicted octanol–water partition coefficient (Wildman–Crippen LogP) is 6.18. The molecular weight excluding hydrogens is 417 g/mol. The van der Waals surface area contributed by atoms with E-state index in [1.54, 1.807) is 0 Å². The smallest absolute Gasteiger partial charge is 0.156 e. The van der Waals surface area contributed by atoms with Crippen molar-refractivity contribution in [2.75, 3.05) is 11.9 Å². The van der Waals surface area contributed by atoms with Crippen molar-refractivity contribution in [2.24, 2.45) is 0 Å². The van der Waals surface area contributed by atoms with Crippen molar-refractivity contribution in [1.82, 2.24) is 0 Å². The first-order valence-electron chi connectivity index (χ1n) is 6.62. The maximum Gasteiger partial charge on any atom is 0.156 e. The SMILES string of the molecule is CCOc1c(Br)cc(Cl)cc1NCc1ccc(C)cc1Br. The highest BCUT2D eigenvalue weighted by Gasteiger charge is 2.10. The molecule has 0 fully saturated rings. The maximum atomic E-state index is 6.12. The van der Waals surface area contributed by atoms with E-state index in [4.69, 9.17) is 16.3 Å². The summed E-state index contributed by atoms with van der Waals surface area (Å²) in [6.45, 7) is 5.32. The minimum atomic E-state index is 0.600. The van der Waals surface area contributed by atoms with Gasteiger partial charge in [0.2, 0.25) is 0 Å². The topological polar surface area (TPSA) is 21.3 Å². The summed E-state index contributed by atoms with van der Waals surface area (Å²) >= 11 is 13.2. The number of nitrogens with one attached hydrogen (secondary N) is 1. The van der Waals surface area contributed by atoms with Gasteiger partial charge in [0.15, 0.2) is 5.75 Å².